The van der Waals surface area contributed by atoms with Crippen molar-refractivity contribution in [2.45, 2.75) is 25.5 Å². The number of rotatable bonds is 5. The summed E-state index contributed by atoms with van der Waals surface area (Å²) in [6.45, 7) is 2.54. The molecular weight excluding hydrogens is 312 g/mol. The molecule has 2 N–H and O–H groups in total. The van der Waals surface area contributed by atoms with Crippen molar-refractivity contribution in [3.63, 3.8) is 0 Å². The summed E-state index contributed by atoms with van der Waals surface area (Å²) in [7, 11) is 1.67. The van der Waals surface area contributed by atoms with Crippen LogP contribution < -0.4 is 10.6 Å². The molecule has 1 fully saturated rings. The Balaban J connectivity index is 1.87. The average molecular weight is 333 g/mol. The van der Waals surface area contributed by atoms with Gasteiger partial charge in [0.2, 0.25) is 0 Å². The molecule has 3 rings (SSSR count). The van der Waals surface area contributed by atoms with Crippen LogP contribution in [-0.4, -0.2) is 36.2 Å². The number of anilines is 1. The lowest BCUT2D eigenvalue weighted by Gasteiger charge is -2.24. The number of methoxy groups -OCH3 is 1. The zero-order valence-corrected chi connectivity index (χ0v) is 13.9. The molecule has 23 heavy (non-hydrogen) atoms. The van der Waals surface area contributed by atoms with Gasteiger partial charge < -0.3 is 15.4 Å². The van der Waals surface area contributed by atoms with Crippen molar-refractivity contribution in [1.29, 1.82) is 0 Å². The smallest absolute Gasteiger partial charge is 0.161 e. The van der Waals surface area contributed by atoms with E-state index in [1.807, 2.05) is 30.3 Å². The second-order valence-electron chi connectivity index (χ2n) is 5.68. The minimum atomic E-state index is 0.444. The first-order valence-corrected chi connectivity index (χ1v) is 8.22. The van der Waals surface area contributed by atoms with E-state index in [0.717, 1.165) is 43.0 Å². The highest BCUT2D eigenvalue weighted by Gasteiger charge is 2.14. The zero-order valence-electron chi connectivity index (χ0n) is 13.2. The van der Waals surface area contributed by atoms with Crippen molar-refractivity contribution in [1.82, 2.24) is 15.3 Å². The van der Waals surface area contributed by atoms with Gasteiger partial charge in [0.1, 0.15) is 5.82 Å². The quantitative estimate of drug-likeness (QED) is 0.881. The maximum absolute atomic E-state index is 5.96. The molecule has 1 aliphatic rings. The highest BCUT2D eigenvalue weighted by atomic mass is 35.5. The molecule has 0 radical (unpaired) electrons. The van der Waals surface area contributed by atoms with Gasteiger partial charge >= 0.3 is 0 Å². The number of nitrogens with one attached hydrogen (secondary N) is 2. The van der Waals surface area contributed by atoms with Crippen molar-refractivity contribution in [3.8, 4) is 11.4 Å². The highest BCUT2D eigenvalue weighted by Crippen LogP contribution is 2.21. The molecule has 1 saturated heterocycles. The van der Waals surface area contributed by atoms with Crippen molar-refractivity contribution < 1.29 is 4.74 Å². The van der Waals surface area contributed by atoms with Crippen LogP contribution in [-0.2, 0) is 11.3 Å². The minimum absolute atomic E-state index is 0.444. The van der Waals surface area contributed by atoms with Crippen LogP contribution in [0.3, 0.4) is 0 Å². The summed E-state index contributed by atoms with van der Waals surface area (Å²) in [5.41, 5.74) is 1.81. The Labute approximate surface area is 141 Å². The fourth-order valence-electron chi connectivity index (χ4n) is 2.70. The lowest BCUT2D eigenvalue weighted by molar-refractivity contribution is 0.181. The van der Waals surface area contributed by atoms with Crippen LogP contribution in [0.4, 0.5) is 5.82 Å². The SMILES string of the molecule is COCc1cc(NC2CCNCC2)nc(-c2ccc(Cl)cc2)n1. The summed E-state index contributed by atoms with van der Waals surface area (Å²) in [4.78, 5) is 9.25. The molecule has 1 aromatic carbocycles. The maximum atomic E-state index is 5.96. The Morgan fingerprint density at radius 2 is 1.96 bits per heavy atom. The van der Waals surface area contributed by atoms with Crippen LogP contribution >= 0.6 is 11.6 Å². The molecule has 0 amide bonds. The maximum Gasteiger partial charge on any atom is 0.161 e. The van der Waals surface area contributed by atoms with Crippen LogP contribution in [0.25, 0.3) is 11.4 Å². The van der Waals surface area contributed by atoms with Gasteiger partial charge in [0, 0.05) is 29.8 Å². The third-order valence-corrected chi connectivity index (χ3v) is 4.12. The summed E-state index contributed by atoms with van der Waals surface area (Å²) in [6, 6.07) is 9.97. The van der Waals surface area contributed by atoms with E-state index in [1.165, 1.54) is 0 Å². The van der Waals surface area contributed by atoms with E-state index in [2.05, 4.69) is 20.6 Å². The fraction of sp³-hybridized carbons (Fsp3) is 0.412. The van der Waals surface area contributed by atoms with Crippen LogP contribution in [0.1, 0.15) is 18.5 Å². The number of benzene rings is 1. The lowest BCUT2D eigenvalue weighted by Crippen LogP contribution is -2.35. The molecule has 0 unspecified atom stereocenters. The van der Waals surface area contributed by atoms with Crippen molar-refractivity contribution in [3.05, 3.63) is 41.0 Å². The number of hydrogen-bond donors (Lipinski definition) is 2. The normalized spacial score (nSPS) is 15.6. The van der Waals surface area contributed by atoms with E-state index in [0.29, 0.717) is 23.5 Å². The van der Waals surface area contributed by atoms with Crippen molar-refractivity contribution >= 4 is 17.4 Å². The van der Waals surface area contributed by atoms with Crippen LogP contribution in [0.2, 0.25) is 5.02 Å². The lowest BCUT2D eigenvalue weighted by atomic mass is 10.1. The summed E-state index contributed by atoms with van der Waals surface area (Å²) in [5.74, 6) is 1.54. The van der Waals surface area contributed by atoms with Gasteiger partial charge in [-0.3, -0.25) is 0 Å². The van der Waals surface area contributed by atoms with Crippen molar-refractivity contribution in [2.24, 2.45) is 0 Å². The number of nitrogens with zero attached hydrogens (tertiary/aromatic N) is 2. The summed E-state index contributed by atoms with van der Waals surface area (Å²) in [5, 5.41) is 7.60. The van der Waals surface area contributed by atoms with Crippen LogP contribution in [0, 0.1) is 0 Å². The molecule has 0 aliphatic carbocycles. The van der Waals surface area contributed by atoms with Gasteiger partial charge in [-0.15, -0.1) is 0 Å². The summed E-state index contributed by atoms with van der Waals surface area (Å²) < 4.78 is 5.23. The molecule has 5 nitrogen and oxygen atoms in total. The first kappa shape index (κ1) is 16.2. The number of ether oxygens (including phenoxy) is 1. The number of piperidine rings is 1. The second kappa shape index (κ2) is 7.73. The van der Waals surface area contributed by atoms with Crippen LogP contribution in [0.15, 0.2) is 30.3 Å². The Morgan fingerprint density at radius 3 is 2.65 bits per heavy atom. The Morgan fingerprint density at radius 1 is 1.22 bits per heavy atom. The highest BCUT2D eigenvalue weighted by molar-refractivity contribution is 6.30. The third-order valence-electron chi connectivity index (χ3n) is 3.86. The Hall–Kier alpha value is -1.69. The van der Waals surface area contributed by atoms with Gasteiger partial charge in [0.05, 0.1) is 12.3 Å². The van der Waals surface area contributed by atoms with Crippen molar-refractivity contribution in [2.75, 3.05) is 25.5 Å². The molecule has 0 spiro atoms. The van der Waals surface area contributed by atoms with Gasteiger partial charge in [-0.25, -0.2) is 9.97 Å². The van der Waals surface area contributed by atoms with E-state index in [1.54, 1.807) is 7.11 Å². The topological polar surface area (TPSA) is 59.1 Å². The molecule has 1 aliphatic heterocycles. The fourth-order valence-corrected chi connectivity index (χ4v) is 2.82. The van der Waals surface area contributed by atoms with Gasteiger partial charge in [0.15, 0.2) is 5.82 Å². The van der Waals surface area contributed by atoms with Gasteiger partial charge in [-0.05, 0) is 50.2 Å². The van der Waals surface area contributed by atoms with Gasteiger partial charge in [0.25, 0.3) is 0 Å². The van der Waals surface area contributed by atoms with E-state index in [4.69, 9.17) is 16.3 Å². The number of aromatic nitrogens is 2. The monoisotopic (exact) mass is 332 g/mol. The number of halogens is 1. The van der Waals surface area contributed by atoms with E-state index in [-0.39, 0.29) is 0 Å². The van der Waals surface area contributed by atoms with E-state index >= 15 is 0 Å². The van der Waals surface area contributed by atoms with Gasteiger partial charge in [-0.2, -0.15) is 0 Å². The summed E-state index contributed by atoms with van der Waals surface area (Å²) >= 11 is 5.96. The second-order valence-corrected chi connectivity index (χ2v) is 6.11. The Bertz CT molecular complexity index is 642. The molecule has 122 valence electrons. The summed E-state index contributed by atoms with van der Waals surface area (Å²) in [6.07, 6.45) is 2.19. The first-order valence-electron chi connectivity index (χ1n) is 7.84. The standard InChI is InChI=1S/C17H21ClN4O/c1-23-11-15-10-16(20-14-6-8-19-9-7-14)22-17(21-15)12-2-4-13(18)5-3-12/h2-5,10,14,19H,6-9,11H2,1H3,(H,20,21,22). The van der Waals surface area contributed by atoms with Gasteiger partial charge in [-0.1, -0.05) is 11.6 Å². The third kappa shape index (κ3) is 4.41. The molecule has 2 aromatic rings. The molecule has 1 aromatic heterocycles. The van der Waals surface area contributed by atoms with E-state index in [9.17, 15) is 0 Å². The Kier molecular flexibility index (Phi) is 5.43. The predicted molar refractivity (Wildman–Crippen MR) is 92.7 cm³/mol. The molecule has 0 atom stereocenters. The minimum Gasteiger partial charge on any atom is -0.378 e. The molecule has 2 heterocycles. The largest absolute Gasteiger partial charge is 0.378 e. The van der Waals surface area contributed by atoms with Crippen LogP contribution in [0.5, 0.6) is 0 Å². The molecular formula is C17H21ClN4O. The zero-order chi connectivity index (χ0) is 16.1. The van der Waals surface area contributed by atoms with E-state index < -0.39 is 0 Å². The first-order chi connectivity index (χ1) is 11.2. The molecule has 0 bridgehead atoms. The average Bonchev–Trinajstić information content (AvgIpc) is 2.56. The molecule has 0 saturated carbocycles. The number of hydrogen-bond acceptors (Lipinski definition) is 5. The molecule has 6 heteroatoms. The predicted octanol–water partition coefficient (Wildman–Crippen LogP) is 3.11.